The Balaban J connectivity index is 2.02. The van der Waals surface area contributed by atoms with E-state index < -0.39 is 21.5 Å². The topological polar surface area (TPSA) is 78.2 Å². The van der Waals surface area contributed by atoms with E-state index in [1.165, 1.54) is 16.2 Å². The Kier molecular flexibility index (Phi) is 5.75. The van der Waals surface area contributed by atoms with Gasteiger partial charge in [0.2, 0.25) is 5.91 Å². The average Bonchev–Trinajstić information content (AvgIpc) is 3.07. The fourth-order valence-corrected chi connectivity index (χ4v) is 4.41. The minimum Gasteiger partial charge on any atom is -0.337 e. The lowest BCUT2D eigenvalue weighted by atomic mass is 10.2. The Morgan fingerprint density at radius 3 is 2.50 bits per heavy atom. The third kappa shape index (κ3) is 4.66. The third-order valence-electron chi connectivity index (χ3n) is 3.74. The summed E-state index contributed by atoms with van der Waals surface area (Å²) >= 11 is 1.53. The highest BCUT2D eigenvalue weighted by molar-refractivity contribution is 7.91. The molecule has 0 aliphatic rings. The minimum absolute atomic E-state index is 0.164. The molecular formula is C17H18N2O3S2. The van der Waals surface area contributed by atoms with E-state index in [2.05, 4.69) is 0 Å². The largest absolute Gasteiger partial charge is 0.337 e. The predicted molar refractivity (Wildman–Crippen MR) is 94.2 cm³/mol. The molecule has 1 amide bonds. The highest BCUT2D eigenvalue weighted by Gasteiger charge is 2.24. The molecule has 0 bridgehead atoms. The van der Waals surface area contributed by atoms with E-state index in [-0.39, 0.29) is 11.8 Å². The smallest absolute Gasteiger partial charge is 0.238 e. The van der Waals surface area contributed by atoms with Crippen molar-refractivity contribution in [1.82, 2.24) is 4.90 Å². The molecule has 0 aliphatic heterocycles. The van der Waals surface area contributed by atoms with Crippen molar-refractivity contribution in [2.24, 2.45) is 0 Å². The second kappa shape index (κ2) is 7.60. The van der Waals surface area contributed by atoms with Gasteiger partial charge in [0.05, 0.1) is 23.4 Å². The summed E-state index contributed by atoms with van der Waals surface area (Å²) in [4.78, 5) is 14.8. The van der Waals surface area contributed by atoms with E-state index in [4.69, 9.17) is 5.26 Å². The van der Waals surface area contributed by atoms with Crippen LogP contribution in [-0.4, -0.2) is 32.0 Å². The van der Waals surface area contributed by atoms with Gasteiger partial charge in [0.15, 0.2) is 9.84 Å². The van der Waals surface area contributed by atoms with Crippen molar-refractivity contribution in [3.8, 4) is 6.07 Å². The molecule has 0 saturated carbocycles. The molecule has 5 nitrogen and oxygen atoms in total. The molecule has 1 atom stereocenters. The van der Waals surface area contributed by atoms with Crippen LogP contribution in [-0.2, 0) is 20.4 Å². The Morgan fingerprint density at radius 1 is 1.29 bits per heavy atom. The summed E-state index contributed by atoms with van der Waals surface area (Å²) < 4.78 is 24.5. The molecule has 0 fully saturated rings. The zero-order chi connectivity index (χ0) is 17.7. The van der Waals surface area contributed by atoms with E-state index in [0.717, 1.165) is 4.88 Å². The number of carbonyl (C=O) groups is 1. The van der Waals surface area contributed by atoms with Gasteiger partial charge in [-0.15, -0.1) is 11.3 Å². The summed E-state index contributed by atoms with van der Waals surface area (Å²) in [6.07, 6.45) is 0. The molecule has 24 heavy (non-hydrogen) atoms. The number of sulfone groups is 1. The minimum atomic E-state index is -3.57. The summed E-state index contributed by atoms with van der Waals surface area (Å²) in [5, 5.41) is 10.7. The van der Waals surface area contributed by atoms with Gasteiger partial charge in [0.1, 0.15) is 5.75 Å². The molecule has 0 aliphatic carbocycles. The Morgan fingerprint density at radius 2 is 1.96 bits per heavy atom. The van der Waals surface area contributed by atoms with Gasteiger partial charge in [-0.1, -0.05) is 18.2 Å². The molecule has 0 N–H and O–H groups in total. The zero-order valence-electron chi connectivity index (χ0n) is 13.5. The SMILES string of the molecule is CC(c1cccs1)N(C)C(=O)CS(=O)(=O)Cc1ccc(C#N)cc1. The molecule has 1 aromatic carbocycles. The van der Waals surface area contributed by atoms with E-state index in [1.807, 2.05) is 30.5 Å². The number of thiophene rings is 1. The Hall–Kier alpha value is -2.17. The quantitative estimate of drug-likeness (QED) is 0.791. The van der Waals surface area contributed by atoms with E-state index in [9.17, 15) is 13.2 Å². The maximum absolute atomic E-state index is 12.3. The maximum Gasteiger partial charge on any atom is 0.238 e. The first-order chi connectivity index (χ1) is 11.3. The first-order valence-electron chi connectivity index (χ1n) is 7.31. The molecule has 1 unspecified atom stereocenters. The van der Waals surface area contributed by atoms with Gasteiger partial charge in [-0.25, -0.2) is 8.42 Å². The van der Waals surface area contributed by atoms with Gasteiger partial charge in [0.25, 0.3) is 0 Å². The number of nitrogens with zero attached hydrogens (tertiary/aromatic N) is 2. The normalized spacial score (nSPS) is 12.4. The van der Waals surface area contributed by atoms with Crippen molar-refractivity contribution in [3.63, 3.8) is 0 Å². The Bertz CT molecular complexity index is 835. The summed E-state index contributed by atoms with van der Waals surface area (Å²) in [5.74, 6) is -1.17. The van der Waals surface area contributed by atoms with Crippen LogP contribution in [0.2, 0.25) is 0 Å². The first-order valence-corrected chi connectivity index (χ1v) is 10.0. The van der Waals surface area contributed by atoms with Gasteiger partial charge in [0, 0.05) is 11.9 Å². The number of carbonyl (C=O) groups excluding carboxylic acids is 1. The number of hydrogen-bond donors (Lipinski definition) is 0. The van der Waals surface area contributed by atoms with E-state index in [0.29, 0.717) is 11.1 Å². The molecule has 2 rings (SSSR count). The molecule has 1 heterocycles. The van der Waals surface area contributed by atoms with E-state index >= 15 is 0 Å². The Labute approximate surface area is 146 Å². The average molecular weight is 362 g/mol. The van der Waals surface area contributed by atoms with Gasteiger partial charge < -0.3 is 4.90 Å². The van der Waals surface area contributed by atoms with Gasteiger partial charge in [-0.2, -0.15) is 5.26 Å². The summed E-state index contributed by atoms with van der Waals surface area (Å²) in [6.45, 7) is 1.87. The zero-order valence-corrected chi connectivity index (χ0v) is 15.1. The van der Waals surface area contributed by atoms with Crippen LogP contribution in [0.15, 0.2) is 41.8 Å². The van der Waals surface area contributed by atoms with Crippen molar-refractivity contribution >= 4 is 27.1 Å². The van der Waals surface area contributed by atoms with Gasteiger partial charge in [-0.05, 0) is 36.1 Å². The molecule has 7 heteroatoms. The number of benzene rings is 1. The molecule has 1 aromatic heterocycles. The number of rotatable bonds is 6. The number of nitriles is 1. The molecule has 0 radical (unpaired) electrons. The highest BCUT2D eigenvalue weighted by atomic mass is 32.2. The van der Waals surface area contributed by atoms with E-state index in [1.54, 1.807) is 31.3 Å². The summed E-state index contributed by atoms with van der Waals surface area (Å²) in [5.41, 5.74) is 1.03. The van der Waals surface area contributed by atoms with Gasteiger partial charge >= 0.3 is 0 Å². The molecule has 0 saturated heterocycles. The summed E-state index contributed by atoms with van der Waals surface area (Å²) in [6, 6.07) is 12.0. The lowest BCUT2D eigenvalue weighted by Gasteiger charge is -2.24. The van der Waals surface area contributed by atoms with Crippen LogP contribution in [0.5, 0.6) is 0 Å². The third-order valence-corrected chi connectivity index (χ3v) is 6.24. The van der Waals surface area contributed by atoms with Crippen LogP contribution in [0, 0.1) is 11.3 Å². The monoisotopic (exact) mass is 362 g/mol. The molecule has 126 valence electrons. The van der Waals surface area contributed by atoms with Crippen LogP contribution in [0.4, 0.5) is 0 Å². The van der Waals surface area contributed by atoms with Crippen molar-refractivity contribution in [2.45, 2.75) is 18.7 Å². The second-order valence-corrected chi connectivity index (χ2v) is 8.58. The van der Waals surface area contributed by atoms with Crippen LogP contribution >= 0.6 is 11.3 Å². The fraction of sp³-hybridized carbons (Fsp3) is 0.294. The first kappa shape index (κ1) is 18.2. The lowest BCUT2D eigenvalue weighted by Crippen LogP contribution is -2.34. The summed E-state index contributed by atoms with van der Waals surface area (Å²) in [7, 11) is -1.96. The van der Waals surface area contributed by atoms with Gasteiger partial charge in [-0.3, -0.25) is 4.79 Å². The lowest BCUT2D eigenvalue weighted by molar-refractivity contribution is -0.128. The van der Waals surface area contributed by atoms with Crippen molar-refractivity contribution < 1.29 is 13.2 Å². The van der Waals surface area contributed by atoms with Crippen LogP contribution < -0.4 is 0 Å². The van der Waals surface area contributed by atoms with Crippen molar-refractivity contribution in [1.29, 1.82) is 5.26 Å². The van der Waals surface area contributed by atoms with Crippen LogP contribution in [0.25, 0.3) is 0 Å². The fourth-order valence-electron chi connectivity index (χ4n) is 2.21. The predicted octanol–water partition coefficient (Wildman–Crippen LogP) is 2.75. The standard InChI is InChI=1S/C17H18N2O3S2/c1-13(16-4-3-9-23-16)19(2)17(20)12-24(21,22)11-15-7-5-14(10-18)6-8-15/h3-9,13H,11-12H2,1-2H3. The van der Waals surface area contributed by atoms with Crippen LogP contribution in [0.3, 0.4) is 0 Å². The number of hydrogen-bond acceptors (Lipinski definition) is 5. The molecule has 0 spiro atoms. The van der Waals surface area contributed by atoms with Crippen molar-refractivity contribution in [2.75, 3.05) is 12.8 Å². The number of amides is 1. The molecule has 2 aromatic rings. The highest BCUT2D eigenvalue weighted by Crippen LogP contribution is 2.23. The van der Waals surface area contributed by atoms with Crippen molar-refractivity contribution in [3.05, 3.63) is 57.8 Å². The van der Waals surface area contributed by atoms with Crippen LogP contribution in [0.1, 0.15) is 29.0 Å². The second-order valence-electron chi connectivity index (χ2n) is 5.54. The molecular weight excluding hydrogens is 344 g/mol. The maximum atomic E-state index is 12.3.